The van der Waals surface area contributed by atoms with Crippen LogP contribution in [0.1, 0.15) is 44.6 Å². The molecule has 0 aliphatic rings. The van der Waals surface area contributed by atoms with E-state index in [0.717, 1.165) is 30.4 Å². The predicted octanol–water partition coefficient (Wildman–Crippen LogP) is 4.13. The topological polar surface area (TPSA) is 46.5 Å². The molecule has 0 fully saturated rings. The Hall–Kier alpha value is -1.77. The predicted molar refractivity (Wildman–Crippen MR) is 77.4 cm³/mol. The van der Waals surface area contributed by atoms with E-state index in [2.05, 4.69) is 6.92 Å². The van der Waals surface area contributed by atoms with Crippen LogP contribution in [0.2, 0.25) is 0 Å². The fourth-order valence-electron chi connectivity index (χ4n) is 1.77. The molecule has 0 amide bonds. The maximum atomic E-state index is 10.4. The van der Waals surface area contributed by atoms with Crippen LogP contribution in [0, 0.1) is 0 Å². The Bertz CT molecular complexity index is 410. The van der Waals surface area contributed by atoms with Gasteiger partial charge in [-0.3, -0.25) is 0 Å². The maximum absolute atomic E-state index is 10.4. The van der Waals surface area contributed by atoms with E-state index < -0.39 is 5.97 Å². The van der Waals surface area contributed by atoms with Crippen LogP contribution in [0.4, 0.5) is 0 Å². The van der Waals surface area contributed by atoms with Crippen molar-refractivity contribution < 1.29 is 14.6 Å². The second kappa shape index (κ2) is 9.20. The first-order valence-corrected chi connectivity index (χ1v) is 6.86. The molecule has 0 bridgehead atoms. The Labute approximate surface area is 114 Å². The van der Waals surface area contributed by atoms with Crippen molar-refractivity contribution in [2.75, 3.05) is 6.61 Å². The van der Waals surface area contributed by atoms with Gasteiger partial charge in [-0.05, 0) is 30.2 Å². The van der Waals surface area contributed by atoms with Gasteiger partial charge < -0.3 is 9.84 Å². The summed E-state index contributed by atoms with van der Waals surface area (Å²) >= 11 is 0. The molecule has 1 aromatic rings. The summed E-state index contributed by atoms with van der Waals surface area (Å²) in [7, 11) is 0. The van der Waals surface area contributed by atoms with Gasteiger partial charge in [0.1, 0.15) is 5.75 Å². The molecule has 1 rings (SSSR count). The lowest BCUT2D eigenvalue weighted by molar-refractivity contribution is -0.131. The molecule has 0 aliphatic carbocycles. The minimum absolute atomic E-state index is 0.718. The van der Waals surface area contributed by atoms with Crippen LogP contribution < -0.4 is 4.74 Å². The van der Waals surface area contributed by atoms with E-state index in [0.29, 0.717) is 0 Å². The lowest BCUT2D eigenvalue weighted by Gasteiger charge is -2.06. The molecule has 0 aromatic heterocycles. The molecule has 3 nitrogen and oxygen atoms in total. The number of benzene rings is 1. The zero-order chi connectivity index (χ0) is 13.9. The summed E-state index contributed by atoms with van der Waals surface area (Å²) in [6.07, 6.45) is 8.76. The molecule has 0 atom stereocenters. The van der Waals surface area contributed by atoms with Crippen molar-refractivity contribution in [3.8, 4) is 5.75 Å². The number of hydrogen-bond donors (Lipinski definition) is 1. The zero-order valence-corrected chi connectivity index (χ0v) is 11.5. The minimum atomic E-state index is -0.942. The number of ether oxygens (including phenoxy) is 1. The van der Waals surface area contributed by atoms with Crippen LogP contribution in [0.25, 0.3) is 6.08 Å². The standard InChI is InChI=1S/C16H22O3/c1-2-3-4-5-6-12-19-15-9-7-8-14(13-15)10-11-16(17)18/h7-11,13H,2-6,12H2,1H3,(H,17,18). The number of carboxylic acid groups (broad SMARTS) is 1. The zero-order valence-electron chi connectivity index (χ0n) is 11.5. The van der Waals surface area contributed by atoms with E-state index >= 15 is 0 Å². The summed E-state index contributed by atoms with van der Waals surface area (Å²) in [5, 5.41) is 8.57. The fraction of sp³-hybridized carbons (Fsp3) is 0.438. The highest BCUT2D eigenvalue weighted by Gasteiger charge is 1.96. The monoisotopic (exact) mass is 262 g/mol. The molecule has 0 unspecified atom stereocenters. The first-order chi connectivity index (χ1) is 9.22. The summed E-state index contributed by atoms with van der Waals surface area (Å²) in [5.74, 6) is -0.148. The van der Waals surface area contributed by atoms with Gasteiger partial charge in [0, 0.05) is 6.08 Å². The van der Waals surface area contributed by atoms with Gasteiger partial charge in [-0.1, -0.05) is 44.7 Å². The fourth-order valence-corrected chi connectivity index (χ4v) is 1.77. The Morgan fingerprint density at radius 3 is 2.79 bits per heavy atom. The lowest BCUT2D eigenvalue weighted by atomic mass is 10.2. The highest BCUT2D eigenvalue weighted by molar-refractivity contribution is 5.85. The highest BCUT2D eigenvalue weighted by atomic mass is 16.5. The molecular weight excluding hydrogens is 240 g/mol. The number of aliphatic carboxylic acids is 1. The number of unbranched alkanes of at least 4 members (excludes halogenated alkanes) is 4. The summed E-state index contributed by atoms with van der Waals surface area (Å²) in [5.41, 5.74) is 0.839. The van der Waals surface area contributed by atoms with Gasteiger partial charge in [0.15, 0.2) is 0 Å². The van der Waals surface area contributed by atoms with Crippen LogP contribution in [0.5, 0.6) is 5.75 Å². The van der Waals surface area contributed by atoms with Crippen LogP contribution in [0.3, 0.4) is 0 Å². The molecule has 0 radical (unpaired) electrons. The molecule has 1 aromatic carbocycles. The molecule has 0 saturated heterocycles. The van der Waals surface area contributed by atoms with Crippen molar-refractivity contribution in [2.24, 2.45) is 0 Å². The van der Waals surface area contributed by atoms with Crippen molar-refractivity contribution in [2.45, 2.75) is 39.0 Å². The summed E-state index contributed by atoms with van der Waals surface area (Å²) in [4.78, 5) is 10.4. The van der Waals surface area contributed by atoms with Gasteiger partial charge >= 0.3 is 5.97 Å². The molecule has 0 aliphatic heterocycles. The van der Waals surface area contributed by atoms with Gasteiger partial charge in [0.2, 0.25) is 0 Å². The van der Waals surface area contributed by atoms with Gasteiger partial charge in [0.05, 0.1) is 6.61 Å². The first kappa shape index (κ1) is 15.3. The van der Waals surface area contributed by atoms with Crippen molar-refractivity contribution in [3.63, 3.8) is 0 Å². The Kier molecular flexibility index (Phi) is 7.40. The van der Waals surface area contributed by atoms with Crippen LogP contribution in [-0.2, 0) is 4.79 Å². The largest absolute Gasteiger partial charge is 0.494 e. The van der Waals surface area contributed by atoms with E-state index in [1.165, 1.54) is 25.7 Å². The quantitative estimate of drug-likeness (QED) is 0.537. The molecule has 104 valence electrons. The number of carboxylic acids is 1. The third-order valence-electron chi connectivity index (χ3n) is 2.79. The summed E-state index contributed by atoms with van der Waals surface area (Å²) in [6, 6.07) is 7.47. The van der Waals surface area contributed by atoms with Crippen LogP contribution in [-0.4, -0.2) is 17.7 Å². The minimum Gasteiger partial charge on any atom is -0.494 e. The van der Waals surface area contributed by atoms with Gasteiger partial charge in [-0.15, -0.1) is 0 Å². The maximum Gasteiger partial charge on any atom is 0.328 e. The number of carbonyl (C=O) groups is 1. The molecule has 3 heteroatoms. The Morgan fingerprint density at radius 2 is 2.05 bits per heavy atom. The molecular formula is C16H22O3. The second-order valence-corrected chi connectivity index (χ2v) is 4.51. The molecule has 0 saturated carbocycles. The molecule has 0 heterocycles. The SMILES string of the molecule is CCCCCCCOc1cccc(C=CC(=O)O)c1. The second-order valence-electron chi connectivity index (χ2n) is 4.51. The van der Waals surface area contributed by atoms with E-state index in [9.17, 15) is 4.79 Å². The third-order valence-corrected chi connectivity index (χ3v) is 2.79. The molecule has 1 N–H and O–H groups in total. The highest BCUT2D eigenvalue weighted by Crippen LogP contribution is 2.15. The van der Waals surface area contributed by atoms with Crippen molar-refractivity contribution in [1.29, 1.82) is 0 Å². The van der Waals surface area contributed by atoms with Crippen molar-refractivity contribution >= 4 is 12.0 Å². The van der Waals surface area contributed by atoms with Gasteiger partial charge in [-0.25, -0.2) is 4.79 Å². The average molecular weight is 262 g/mol. The smallest absolute Gasteiger partial charge is 0.328 e. The van der Waals surface area contributed by atoms with Crippen LogP contribution >= 0.6 is 0 Å². The lowest BCUT2D eigenvalue weighted by Crippen LogP contribution is -1.97. The van der Waals surface area contributed by atoms with Gasteiger partial charge in [-0.2, -0.15) is 0 Å². The number of hydrogen-bond acceptors (Lipinski definition) is 2. The van der Waals surface area contributed by atoms with Crippen LogP contribution in [0.15, 0.2) is 30.3 Å². The van der Waals surface area contributed by atoms with E-state index in [4.69, 9.17) is 9.84 Å². The summed E-state index contributed by atoms with van der Waals surface area (Å²) < 4.78 is 5.65. The third kappa shape index (κ3) is 7.29. The Morgan fingerprint density at radius 1 is 1.26 bits per heavy atom. The van der Waals surface area contributed by atoms with E-state index in [1.807, 2.05) is 24.3 Å². The normalized spacial score (nSPS) is 10.8. The number of rotatable bonds is 9. The van der Waals surface area contributed by atoms with Crippen molar-refractivity contribution in [3.05, 3.63) is 35.9 Å². The Balaban J connectivity index is 2.34. The van der Waals surface area contributed by atoms with E-state index in [1.54, 1.807) is 6.08 Å². The average Bonchev–Trinajstić information content (AvgIpc) is 2.41. The first-order valence-electron chi connectivity index (χ1n) is 6.86. The molecule has 0 spiro atoms. The summed E-state index contributed by atoms with van der Waals surface area (Å²) in [6.45, 7) is 2.92. The molecule has 19 heavy (non-hydrogen) atoms. The van der Waals surface area contributed by atoms with Crippen molar-refractivity contribution in [1.82, 2.24) is 0 Å². The van der Waals surface area contributed by atoms with E-state index in [-0.39, 0.29) is 0 Å². The van der Waals surface area contributed by atoms with Gasteiger partial charge in [0.25, 0.3) is 0 Å².